The summed E-state index contributed by atoms with van der Waals surface area (Å²) in [4.78, 5) is 33.6. The molecule has 0 spiro atoms. The molecule has 1 fully saturated rings. The van der Waals surface area contributed by atoms with E-state index in [1.807, 2.05) is 17.0 Å². The summed E-state index contributed by atoms with van der Waals surface area (Å²) in [7, 11) is 2.10. The molecule has 7 heteroatoms. The topological polar surface area (TPSA) is 60.2 Å². The van der Waals surface area contributed by atoms with Crippen molar-refractivity contribution in [3.8, 4) is 0 Å². The van der Waals surface area contributed by atoms with Gasteiger partial charge in [0.2, 0.25) is 5.91 Å². The molecular weight excluding hydrogens is 368 g/mol. The maximum absolute atomic E-state index is 13.1. The number of hydrogen-bond acceptors (Lipinski definition) is 5. The molecule has 0 bridgehead atoms. The van der Waals surface area contributed by atoms with Crippen molar-refractivity contribution in [3.63, 3.8) is 0 Å². The van der Waals surface area contributed by atoms with Crippen LogP contribution in [0.5, 0.6) is 0 Å². The first-order valence-electron chi connectivity index (χ1n) is 10.2. The zero-order valence-electron chi connectivity index (χ0n) is 17.1. The van der Waals surface area contributed by atoms with Crippen LogP contribution in [0, 0.1) is 0 Å². The van der Waals surface area contributed by atoms with Crippen molar-refractivity contribution < 1.29 is 14.0 Å². The third-order valence-electron chi connectivity index (χ3n) is 5.97. The molecule has 0 N–H and O–H groups in total. The van der Waals surface area contributed by atoms with Crippen molar-refractivity contribution in [2.75, 3.05) is 56.1 Å². The number of amides is 2. The number of nitrogens with zero attached hydrogens (tertiary/aromatic N) is 4. The highest BCUT2D eigenvalue weighted by Crippen LogP contribution is 2.33. The number of furan rings is 1. The summed E-state index contributed by atoms with van der Waals surface area (Å²) in [6.07, 6.45) is 2.51. The molecule has 1 atom stereocenters. The number of para-hydroxylation sites is 2. The number of benzene rings is 1. The lowest BCUT2D eigenvalue weighted by Crippen LogP contribution is -2.53. The van der Waals surface area contributed by atoms with Gasteiger partial charge in [-0.05, 0) is 37.6 Å². The fraction of sp³-hybridized carbons (Fsp3) is 0.455. The molecule has 0 radical (unpaired) electrons. The molecule has 0 saturated carbocycles. The Labute approximate surface area is 171 Å². The molecule has 4 rings (SSSR count). The maximum atomic E-state index is 13.1. The number of rotatable bonds is 3. The smallest absolute Gasteiger partial charge is 0.289 e. The normalized spacial score (nSPS) is 19.7. The number of carbonyl (C=O) groups excluding carboxylic acids is 2. The number of piperazine rings is 1. The molecule has 29 heavy (non-hydrogen) atoms. The highest BCUT2D eigenvalue weighted by Gasteiger charge is 2.30. The third-order valence-corrected chi connectivity index (χ3v) is 5.97. The van der Waals surface area contributed by atoms with E-state index in [0.717, 1.165) is 18.7 Å². The SMILES string of the molecule is C[C@H]1CCN(C)c2ccccc2N1CC(=O)N1CCN(C(=O)c2ccco2)CC1. The second kappa shape index (κ2) is 8.19. The predicted molar refractivity (Wildman–Crippen MR) is 112 cm³/mol. The summed E-state index contributed by atoms with van der Waals surface area (Å²) in [5.74, 6) is 0.352. The molecule has 2 aliphatic rings. The summed E-state index contributed by atoms with van der Waals surface area (Å²) in [5, 5.41) is 0. The molecule has 2 amide bonds. The van der Waals surface area contributed by atoms with Gasteiger partial charge < -0.3 is 24.0 Å². The molecule has 1 saturated heterocycles. The van der Waals surface area contributed by atoms with Crippen molar-refractivity contribution >= 4 is 23.2 Å². The predicted octanol–water partition coefficient (Wildman–Crippen LogP) is 2.30. The molecule has 2 aromatic rings. The lowest BCUT2D eigenvalue weighted by atomic mass is 10.1. The van der Waals surface area contributed by atoms with Crippen LogP contribution in [-0.2, 0) is 4.79 Å². The number of carbonyl (C=O) groups is 2. The van der Waals surface area contributed by atoms with Crippen LogP contribution in [0.15, 0.2) is 47.1 Å². The molecule has 0 unspecified atom stereocenters. The van der Waals surface area contributed by atoms with Crippen molar-refractivity contribution in [3.05, 3.63) is 48.4 Å². The van der Waals surface area contributed by atoms with Crippen LogP contribution in [0.1, 0.15) is 23.9 Å². The minimum Gasteiger partial charge on any atom is -0.459 e. The van der Waals surface area contributed by atoms with Gasteiger partial charge in [0.25, 0.3) is 5.91 Å². The first-order valence-corrected chi connectivity index (χ1v) is 10.2. The maximum Gasteiger partial charge on any atom is 0.289 e. The van der Waals surface area contributed by atoms with Crippen molar-refractivity contribution in [1.82, 2.24) is 9.80 Å². The Bertz CT molecular complexity index is 859. The summed E-state index contributed by atoms with van der Waals surface area (Å²) in [5.41, 5.74) is 2.28. The second-order valence-corrected chi connectivity index (χ2v) is 7.83. The quantitative estimate of drug-likeness (QED) is 0.797. The Kier molecular flexibility index (Phi) is 5.47. The number of fused-ring (bicyclic) bond motifs is 1. The zero-order chi connectivity index (χ0) is 20.4. The van der Waals surface area contributed by atoms with Gasteiger partial charge in [-0.15, -0.1) is 0 Å². The van der Waals surface area contributed by atoms with E-state index in [9.17, 15) is 9.59 Å². The van der Waals surface area contributed by atoms with Crippen LogP contribution in [0.25, 0.3) is 0 Å². The summed E-state index contributed by atoms with van der Waals surface area (Å²) >= 11 is 0. The van der Waals surface area contributed by atoms with Gasteiger partial charge in [-0.25, -0.2) is 0 Å². The standard InChI is InChI=1S/C22H28N4O3/c1-17-9-10-23(2)18-6-3-4-7-19(18)26(17)16-21(27)24-11-13-25(14-12-24)22(28)20-8-5-15-29-20/h3-8,15,17H,9-14,16H2,1-2H3/t17-/m0/s1. The van der Waals surface area contributed by atoms with Gasteiger partial charge in [0.05, 0.1) is 24.2 Å². The minimum absolute atomic E-state index is 0.111. The molecule has 2 aliphatic heterocycles. The van der Waals surface area contributed by atoms with Crippen LogP contribution in [0.3, 0.4) is 0 Å². The van der Waals surface area contributed by atoms with E-state index in [4.69, 9.17) is 4.42 Å². The van der Waals surface area contributed by atoms with Crippen LogP contribution >= 0.6 is 0 Å². The van der Waals surface area contributed by atoms with E-state index >= 15 is 0 Å². The summed E-state index contributed by atoms with van der Waals surface area (Å²) in [6.45, 7) is 5.67. The van der Waals surface area contributed by atoms with E-state index < -0.39 is 0 Å². The third kappa shape index (κ3) is 3.95. The zero-order valence-corrected chi connectivity index (χ0v) is 17.1. The summed E-state index contributed by atoms with van der Waals surface area (Å²) < 4.78 is 5.21. The largest absolute Gasteiger partial charge is 0.459 e. The average molecular weight is 396 g/mol. The van der Waals surface area contributed by atoms with Gasteiger partial charge in [0.1, 0.15) is 0 Å². The Morgan fingerprint density at radius 2 is 1.66 bits per heavy atom. The highest BCUT2D eigenvalue weighted by atomic mass is 16.3. The van der Waals surface area contributed by atoms with Crippen LogP contribution in [0.2, 0.25) is 0 Å². The highest BCUT2D eigenvalue weighted by molar-refractivity contribution is 5.91. The first kappa shape index (κ1) is 19.4. The fourth-order valence-corrected chi connectivity index (χ4v) is 4.13. The van der Waals surface area contributed by atoms with Gasteiger partial charge in [-0.3, -0.25) is 9.59 Å². The second-order valence-electron chi connectivity index (χ2n) is 7.83. The number of hydrogen-bond donors (Lipinski definition) is 0. The number of anilines is 2. The van der Waals surface area contributed by atoms with Gasteiger partial charge in [-0.2, -0.15) is 0 Å². The Hall–Kier alpha value is -2.96. The molecule has 1 aromatic heterocycles. The van der Waals surface area contributed by atoms with Crippen molar-refractivity contribution in [2.45, 2.75) is 19.4 Å². The lowest BCUT2D eigenvalue weighted by molar-refractivity contribution is -0.131. The Morgan fingerprint density at radius 3 is 2.34 bits per heavy atom. The average Bonchev–Trinajstić information content (AvgIpc) is 3.26. The van der Waals surface area contributed by atoms with Crippen molar-refractivity contribution in [1.29, 1.82) is 0 Å². The molecule has 3 heterocycles. The Balaban J connectivity index is 1.41. The van der Waals surface area contributed by atoms with Gasteiger partial charge in [0, 0.05) is 45.8 Å². The molecule has 154 valence electrons. The molecule has 7 nitrogen and oxygen atoms in total. The van der Waals surface area contributed by atoms with E-state index in [1.165, 1.54) is 12.0 Å². The van der Waals surface area contributed by atoms with E-state index in [-0.39, 0.29) is 17.9 Å². The van der Waals surface area contributed by atoms with E-state index in [2.05, 4.69) is 35.9 Å². The minimum atomic E-state index is -0.111. The van der Waals surface area contributed by atoms with E-state index in [1.54, 1.807) is 17.0 Å². The van der Waals surface area contributed by atoms with Crippen LogP contribution < -0.4 is 9.80 Å². The lowest BCUT2D eigenvalue weighted by Gasteiger charge is -2.37. The summed E-state index contributed by atoms with van der Waals surface area (Å²) in [6, 6.07) is 12.0. The van der Waals surface area contributed by atoms with Crippen LogP contribution in [-0.4, -0.2) is 74.0 Å². The first-order chi connectivity index (χ1) is 14.0. The molecule has 1 aromatic carbocycles. The molecular formula is C22H28N4O3. The van der Waals surface area contributed by atoms with Crippen LogP contribution in [0.4, 0.5) is 11.4 Å². The fourth-order valence-electron chi connectivity index (χ4n) is 4.13. The van der Waals surface area contributed by atoms with Gasteiger partial charge in [0.15, 0.2) is 5.76 Å². The van der Waals surface area contributed by atoms with E-state index in [0.29, 0.717) is 38.5 Å². The van der Waals surface area contributed by atoms with Gasteiger partial charge >= 0.3 is 0 Å². The van der Waals surface area contributed by atoms with Crippen molar-refractivity contribution in [2.24, 2.45) is 0 Å². The monoisotopic (exact) mass is 396 g/mol. The molecule has 0 aliphatic carbocycles. The Morgan fingerprint density at radius 1 is 0.966 bits per heavy atom. The van der Waals surface area contributed by atoms with Gasteiger partial charge in [-0.1, -0.05) is 12.1 Å².